The average Bonchev–Trinajstić information content (AvgIpc) is 3.22. The van der Waals surface area contributed by atoms with E-state index in [2.05, 4.69) is 0 Å². The molecule has 0 unspecified atom stereocenters. The molecule has 2 rings (SSSR count). The van der Waals surface area contributed by atoms with E-state index in [9.17, 15) is 9.18 Å². The van der Waals surface area contributed by atoms with Gasteiger partial charge < -0.3 is 14.7 Å². The van der Waals surface area contributed by atoms with Gasteiger partial charge in [0.1, 0.15) is 0 Å². The predicted octanol–water partition coefficient (Wildman–Crippen LogP) is 1.71. The van der Waals surface area contributed by atoms with Crippen molar-refractivity contribution in [2.75, 3.05) is 13.2 Å². The van der Waals surface area contributed by atoms with Crippen molar-refractivity contribution in [3.05, 3.63) is 29.6 Å². The van der Waals surface area contributed by atoms with Crippen molar-refractivity contribution in [3.8, 4) is 5.75 Å². The Labute approximate surface area is 111 Å². The summed E-state index contributed by atoms with van der Waals surface area (Å²) in [7, 11) is 0. The monoisotopic (exact) mass is 267 g/mol. The second kappa shape index (κ2) is 6.02. The lowest BCUT2D eigenvalue weighted by molar-refractivity contribution is -0.133. The fourth-order valence-corrected chi connectivity index (χ4v) is 2.01. The van der Waals surface area contributed by atoms with Crippen LogP contribution in [0.3, 0.4) is 0 Å². The lowest BCUT2D eigenvalue weighted by Gasteiger charge is -2.20. The molecule has 1 fully saturated rings. The highest BCUT2D eigenvalue weighted by Gasteiger charge is 2.31. The molecule has 19 heavy (non-hydrogen) atoms. The molecule has 0 saturated heterocycles. The van der Waals surface area contributed by atoms with Crippen LogP contribution in [-0.4, -0.2) is 35.1 Å². The number of aliphatic hydroxyl groups excluding tert-OH is 1. The van der Waals surface area contributed by atoms with Crippen LogP contribution in [0.15, 0.2) is 18.2 Å². The largest absolute Gasteiger partial charge is 0.481 e. The lowest BCUT2D eigenvalue weighted by atomic mass is 10.2. The highest BCUT2D eigenvalue weighted by atomic mass is 19.1. The Bertz CT molecular complexity index is 460. The molecule has 4 nitrogen and oxygen atoms in total. The third-order valence-corrected chi connectivity index (χ3v) is 3.18. The van der Waals surface area contributed by atoms with Crippen molar-refractivity contribution >= 4 is 5.91 Å². The third-order valence-electron chi connectivity index (χ3n) is 3.18. The van der Waals surface area contributed by atoms with Crippen molar-refractivity contribution in [2.24, 2.45) is 0 Å². The number of halogens is 1. The number of hydrogen-bond acceptors (Lipinski definition) is 3. The number of ether oxygens (including phenoxy) is 1. The van der Waals surface area contributed by atoms with E-state index in [0.717, 1.165) is 12.8 Å². The van der Waals surface area contributed by atoms with E-state index < -0.39 is 5.82 Å². The molecule has 0 spiro atoms. The maximum absolute atomic E-state index is 13.6. The minimum Gasteiger partial charge on any atom is -0.481 e. The van der Waals surface area contributed by atoms with Gasteiger partial charge in [0.15, 0.2) is 18.2 Å². The van der Waals surface area contributed by atoms with E-state index in [4.69, 9.17) is 9.84 Å². The van der Waals surface area contributed by atoms with E-state index in [1.165, 1.54) is 12.1 Å². The van der Waals surface area contributed by atoms with Gasteiger partial charge >= 0.3 is 0 Å². The number of nitrogens with zero attached hydrogens (tertiary/aromatic N) is 1. The maximum Gasteiger partial charge on any atom is 0.260 e. The summed E-state index contributed by atoms with van der Waals surface area (Å²) in [6, 6.07) is 4.55. The van der Waals surface area contributed by atoms with Crippen LogP contribution < -0.4 is 4.74 Å². The first-order valence-electron chi connectivity index (χ1n) is 6.47. The Morgan fingerprint density at radius 2 is 2.26 bits per heavy atom. The molecule has 1 amide bonds. The summed E-state index contributed by atoms with van der Waals surface area (Å²) < 4.78 is 18.8. The topological polar surface area (TPSA) is 49.8 Å². The summed E-state index contributed by atoms with van der Waals surface area (Å²) in [5.41, 5.74) is 0.476. The Morgan fingerprint density at radius 1 is 1.53 bits per heavy atom. The molecule has 1 aromatic carbocycles. The van der Waals surface area contributed by atoms with Gasteiger partial charge in [0, 0.05) is 12.6 Å². The van der Waals surface area contributed by atoms with E-state index in [-0.39, 0.29) is 24.9 Å². The standard InChI is InChI=1S/C14H18FNO3/c1-2-16(11-4-5-11)14(18)9-19-13-6-3-10(8-17)7-12(13)15/h3,6-7,11,17H,2,4-5,8-9H2,1H3. The molecule has 1 aliphatic rings. The van der Waals surface area contributed by atoms with Gasteiger partial charge in [0.2, 0.25) is 0 Å². The average molecular weight is 267 g/mol. The van der Waals surface area contributed by atoms with Crippen molar-refractivity contribution in [3.63, 3.8) is 0 Å². The zero-order valence-corrected chi connectivity index (χ0v) is 10.9. The first-order chi connectivity index (χ1) is 9.15. The highest BCUT2D eigenvalue weighted by molar-refractivity contribution is 5.78. The van der Waals surface area contributed by atoms with E-state index in [1.54, 1.807) is 11.0 Å². The maximum atomic E-state index is 13.6. The van der Waals surface area contributed by atoms with Crippen molar-refractivity contribution < 1.29 is 19.0 Å². The van der Waals surface area contributed by atoms with E-state index >= 15 is 0 Å². The van der Waals surface area contributed by atoms with Gasteiger partial charge in [-0.3, -0.25) is 4.79 Å². The number of hydrogen-bond donors (Lipinski definition) is 1. The number of amides is 1. The van der Waals surface area contributed by atoms with E-state index in [1.807, 2.05) is 6.92 Å². The second-order valence-corrected chi connectivity index (χ2v) is 4.62. The van der Waals surface area contributed by atoms with Crippen LogP contribution in [0.2, 0.25) is 0 Å². The number of carbonyl (C=O) groups excluding carboxylic acids is 1. The van der Waals surface area contributed by atoms with Crippen LogP contribution in [0.4, 0.5) is 4.39 Å². The van der Waals surface area contributed by atoms with Gasteiger partial charge in [-0.2, -0.15) is 0 Å². The Hall–Kier alpha value is -1.62. The minimum atomic E-state index is -0.561. The summed E-state index contributed by atoms with van der Waals surface area (Å²) in [6.45, 7) is 2.20. The van der Waals surface area contributed by atoms with Gasteiger partial charge in [-0.05, 0) is 37.5 Å². The van der Waals surface area contributed by atoms with Crippen LogP contribution in [-0.2, 0) is 11.4 Å². The highest BCUT2D eigenvalue weighted by Crippen LogP contribution is 2.26. The molecule has 1 aliphatic carbocycles. The molecule has 0 atom stereocenters. The molecule has 1 saturated carbocycles. The minimum absolute atomic E-state index is 0.0393. The zero-order chi connectivity index (χ0) is 13.8. The Morgan fingerprint density at radius 3 is 2.79 bits per heavy atom. The lowest BCUT2D eigenvalue weighted by Crippen LogP contribution is -2.36. The van der Waals surface area contributed by atoms with Gasteiger partial charge in [-0.15, -0.1) is 0 Å². The van der Waals surface area contributed by atoms with Crippen LogP contribution >= 0.6 is 0 Å². The van der Waals surface area contributed by atoms with Gasteiger partial charge in [-0.1, -0.05) is 6.07 Å². The van der Waals surface area contributed by atoms with Crippen molar-refractivity contribution in [2.45, 2.75) is 32.4 Å². The number of benzene rings is 1. The third kappa shape index (κ3) is 3.44. The molecule has 0 heterocycles. The number of likely N-dealkylation sites (N-methyl/N-ethyl adjacent to an activating group) is 1. The first-order valence-corrected chi connectivity index (χ1v) is 6.47. The number of carbonyl (C=O) groups is 1. The van der Waals surface area contributed by atoms with Crippen LogP contribution in [0.5, 0.6) is 5.75 Å². The molecule has 0 aromatic heterocycles. The van der Waals surface area contributed by atoms with E-state index in [0.29, 0.717) is 18.2 Å². The normalized spacial score (nSPS) is 14.3. The number of aliphatic hydroxyl groups is 1. The smallest absolute Gasteiger partial charge is 0.260 e. The van der Waals surface area contributed by atoms with Gasteiger partial charge in [0.05, 0.1) is 6.61 Å². The Kier molecular flexibility index (Phi) is 4.37. The van der Waals surface area contributed by atoms with Crippen molar-refractivity contribution in [1.29, 1.82) is 0 Å². The molecule has 1 N–H and O–H groups in total. The summed E-state index contributed by atoms with van der Waals surface area (Å²) in [6.07, 6.45) is 2.08. The molecular weight excluding hydrogens is 249 g/mol. The molecule has 5 heteroatoms. The van der Waals surface area contributed by atoms with Crippen LogP contribution in [0.1, 0.15) is 25.3 Å². The predicted molar refractivity (Wildman–Crippen MR) is 68.2 cm³/mol. The van der Waals surface area contributed by atoms with Crippen LogP contribution in [0.25, 0.3) is 0 Å². The summed E-state index contributed by atoms with van der Waals surface area (Å²) >= 11 is 0. The van der Waals surface area contributed by atoms with Gasteiger partial charge in [0.25, 0.3) is 5.91 Å². The fourth-order valence-electron chi connectivity index (χ4n) is 2.01. The molecule has 0 aliphatic heterocycles. The molecule has 1 aromatic rings. The SMILES string of the molecule is CCN(C(=O)COc1ccc(CO)cc1F)C1CC1. The molecule has 0 radical (unpaired) electrons. The molecular formula is C14H18FNO3. The quantitative estimate of drug-likeness (QED) is 0.853. The molecule has 104 valence electrons. The number of rotatable bonds is 6. The summed E-state index contributed by atoms with van der Waals surface area (Å²) in [5.74, 6) is -0.637. The summed E-state index contributed by atoms with van der Waals surface area (Å²) in [5, 5.41) is 8.88. The summed E-state index contributed by atoms with van der Waals surface area (Å²) in [4.78, 5) is 13.7. The Balaban J connectivity index is 1.92. The first kappa shape index (κ1) is 13.8. The zero-order valence-electron chi connectivity index (χ0n) is 10.9. The van der Waals surface area contributed by atoms with Crippen molar-refractivity contribution in [1.82, 2.24) is 4.90 Å². The molecule has 0 bridgehead atoms. The second-order valence-electron chi connectivity index (χ2n) is 4.62. The van der Waals surface area contributed by atoms with Crippen LogP contribution in [0, 0.1) is 5.82 Å². The fraction of sp³-hybridized carbons (Fsp3) is 0.500. The van der Waals surface area contributed by atoms with Gasteiger partial charge in [-0.25, -0.2) is 4.39 Å².